The Kier molecular flexibility index (Phi) is 4.77. The van der Waals surface area contributed by atoms with Gasteiger partial charge in [0.25, 0.3) is 0 Å². The van der Waals surface area contributed by atoms with Gasteiger partial charge in [-0.1, -0.05) is 12.1 Å². The number of para-hydroxylation sites is 2. The molecular formula is C20H25N4O2+. The minimum Gasteiger partial charge on any atom is -0.497 e. The number of aliphatic hydroxyl groups is 1. The number of fused-ring (bicyclic) bond motifs is 1. The fraction of sp³-hybridized carbons (Fsp3) is 0.350. The van der Waals surface area contributed by atoms with E-state index in [0.29, 0.717) is 0 Å². The Morgan fingerprint density at radius 3 is 2.50 bits per heavy atom. The van der Waals surface area contributed by atoms with Gasteiger partial charge in [-0.25, -0.2) is 4.98 Å². The summed E-state index contributed by atoms with van der Waals surface area (Å²) in [7, 11) is 1.69. The minimum atomic E-state index is -0.0278. The van der Waals surface area contributed by atoms with Crippen LogP contribution in [0.1, 0.15) is 5.82 Å². The minimum absolute atomic E-state index is 0.0278. The Hall–Kier alpha value is -2.57. The van der Waals surface area contributed by atoms with Crippen molar-refractivity contribution in [3.8, 4) is 5.75 Å². The van der Waals surface area contributed by atoms with Crippen molar-refractivity contribution in [2.24, 2.45) is 0 Å². The Balaban J connectivity index is 1.44. The molecule has 1 aromatic heterocycles. The summed E-state index contributed by atoms with van der Waals surface area (Å²) in [4.78, 5) is 8.48. The van der Waals surface area contributed by atoms with Crippen molar-refractivity contribution >= 4 is 16.7 Å². The van der Waals surface area contributed by atoms with Crippen molar-refractivity contribution in [1.82, 2.24) is 9.55 Å². The number of anilines is 1. The molecule has 6 nitrogen and oxygen atoms in total. The van der Waals surface area contributed by atoms with E-state index in [1.54, 1.807) is 7.11 Å². The number of methoxy groups -OCH3 is 1. The van der Waals surface area contributed by atoms with Crippen LogP contribution in [0.5, 0.6) is 5.75 Å². The summed E-state index contributed by atoms with van der Waals surface area (Å²) in [5.41, 5.74) is 3.29. The van der Waals surface area contributed by atoms with Gasteiger partial charge >= 0.3 is 0 Å². The molecule has 2 aromatic carbocycles. The second-order valence-electron chi connectivity index (χ2n) is 6.70. The van der Waals surface area contributed by atoms with Gasteiger partial charge in [0.2, 0.25) is 0 Å². The normalized spacial score (nSPS) is 15.5. The molecule has 0 bridgehead atoms. The number of nitrogens with zero attached hydrogens (tertiary/aromatic N) is 3. The molecule has 1 aliphatic rings. The molecule has 0 unspecified atom stereocenters. The summed E-state index contributed by atoms with van der Waals surface area (Å²) >= 11 is 0. The Labute approximate surface area is 153 Å². The molecule has 0 spiro atoms. The van der Waals surface area contributed by atoms with Gasteiger partial charge in [0.15, 0.2) is 6.67 Å². The maximum Gasteiger partial charge on any atom is 0.158 e. The predicted molar refractivity (Wildman–Crippen MR) is 102 cm³/mol. The second kappa shape index (κ2) is 7.35. The van der Waals surface area contributed by atoms with E-state index in [4.69, 9.17) is 4.74 Å². The Morgan fingerprint density at radius 1 is 1.08 bits per heavy atom. The van der Waals surface area contributed by atoms with E-state index < -0.39 is 0 Å². The average Bonchev–Trinajstić information content (AvgIpc) is 3.06. The quantitative estimate of drug-likeness (QED) is 0.716. The molecule has 136 valence electrons. The number of hydrogen-bond donors (Lipinski definition) is 2. The van der Waals surface area contributed by atoms with Crippen LogP contribution in [0.25, 0.3) is 11.0 Å². The van der Waals surface area contributed by atoms with Gasteiger partial charge in [-0.15, -0.1) is 0 Å². The number of aromatic nitrogens is 2. The molecule has 1 fully saturated rings. The van der Waals surface area contributed by atoms with E-state index >= 15 is 0 Å². The summed E-state index contributed by atoms with van der Waals surface area (Å²) in [6.45, 7) is 4.96. The number of quaternary nitrogens is 1. The van der Waals surface area contributed by atoms with Crippen LogP contribution < -0.4 is 14.5 Å². The van der Waals surface area contributed by atoms with Crippen LogP contribution in [-0.4, -0.2) is 47.9 Å². The molecular weight excluding hydrogens is 328 g/mol. The Morgan fingerprint density at radius 2 is 1.81 bits per heavy atom. The lowest BCUT2D eigenvalue weighted by Crippen LogP contribution is -3.14. The molecule has 1 saturated heterocycles. The van der Waals surface area contributed by atoms with Gasteiger partial charge in [-0.2, -0.15) is 0 Å². The van der Waals surface area contributed by atoms with E-state index in [1.807, 2.05) is 30.3 Å². The molecule has 26 heavy (non-hydrogen) atoms. The Bertz CT molecular complexity index is 867. The van der Waals surface area contributed by atoms with Gasteiger partial charge < -0.3 is 19.6 Å². The monoisotopic (exact) mass is 353 g/mol. The first-order valence-electron chi connectivity index (χ1n) is 9.06. The van der Waals surface area contributed by atoms with Gasteiger partial charge in [-0.3, -0.25) is 4.57 Å². The van der Waals surface area contributed by atoms with Crippen LogP contribution in [0.2, 0.25) is 0 Å². The third-order valence-corrected chi connectivity index (χ3v) is 5.16. The van der Waals surface area contributed by atoms with E-state index in [1.165, 1.54) is 10.6 Å². The maximum atomic E-state index is 9.67. The molecule has 0 aliphatic carbocycles. The largest absolute Gasteiger partial charge is 0.497 e. The SMILES string of the molecule is COc1ccc(N2CC[NH+](Cn3c(CO)nc4ccccc43)CC2)cc1. The number of hydrogen-bond acceptors (Lipinski definition) is 4. The first-order valence-corrected chi connectivity index (χ1v) is 9.06. The summed E-state index contributed by atoms with van der Waals surface area (Å²) in [6, 6.07) is 16.4. The lowest BCUT2D eigenvalue weighted by Gasteiger charge is -2.34. The summed E-state index contributed by atoms with van der Waals surface area (Å²) < 4.78 is 7.40. The second-order valence-corrected chi connectivity index (χ2v) is 6.70. The highest BCUT2D eigenvalue weighted by Gasteiger charge is 2.22. The smallest absolute Gasteiger partial charge is 0.158 e. The number of aliphatic hydroxyl groups excluding tert-OH is 1. The lowest BCUT2D eigenvalue weighted by atomic mass is 10.2. The molecule has 3 aromatic rings. The van der Waals surface area contributed by atoms with Crippen molar-refractivity contribution in [2.45, 2.75) is 13.3 Å². The molecule has 1 aliphatic heterocycles. The van der Waals surface area contributed by atoms with Crippen LogP contribution in [0.4, 0.5) is 5.69 Å². The van der Waals surface area contributed by atoms with E-state index in [9.17, 15) is 5.11 Å². The first kappa shape index (κ1) is 16.9. The summed E-state index contributed by atoms with van der Waals surface area (Å²) in [5, 5.41) is 9.67. The van der Waals surface area contributed by atoms with Crippen molar-refractivity contribution < 1.29 is 14.7 Å². The number of benzene rings is 2. The zero-order chi connectivity index (χ0) is 17.9. The first-order chi connectivity index (χ1) is 12.8. The van der Waals surface area contributed by atoms with E-state index in [0.717, 1.165) is 55.5 Å². The number of rotatable bonds is 5. The van der Waals surface area contributed by atoms with Gasteiger partial charge in [0, 0.05) is 5.69 Å². The third kappa shape index (κ3) is 3.25. The molecule has 0 amide bonds. The van der Waals surface area contributed by atoms with E-state index in [-0.39, 0.29) is 6.61 Å². The van der Waals surface area contributed by atoms with Crippen molar-refractivity contribution in [1.29, 1.82) is 0 Å². The molecule has 2 heterocycles. The zero-order valence-electron chi connectivity index (χ0n) is 15.1. The fourth-order valence-electron chi connectivity index (χ4n) is 3.68. The number of ether oxygens (including phenoxy) is 1. The average molecular weight is 353 g/mol. The fourth-order valence-corrected chi connectivity index (χ4v) is 3.68. The summed E-state index contributed by atoms with van der Waals surface area (Å²) in [6.07, 6.45) is 0. The molecule has 0 atom stereocenters. The highest BCUT2D eigenvalue weighted by atomic mass is 16.5. The summed E-state index contributed by atoms with van der Waals surface area (Å²) in [5.74, 6) is 1.64. The topological polar surface area (TPSA) is 55.0 Å². The highest BCUT2D eigenvalue weighted by Crippen LogP contribution is 2.19. The molecule has 2 N–H and O–H groups in total. The molecule has 6 heteroatoms. The molecule has 0 radical (unpaired) electrons. The highest BCUT2D eigenvalue weighted by molar-refractivity contribution is 5.75. The standard InChI is InChI=1S/C20H24N4O2/c1-26-17-8-6-16(7-9-17)23-12-10-22(11-13-23)15-24-19-5-3-2-4-18(19)21-20(24)14-25/h2-9,25H,10-15H2,1H3/p+1. The van der Waals surface area contributed by atoms with E-state index in [2.05, 4.69) is 32.7 Å². The maximum absolute atomic E-state index is 9.67. The lowest BCUT2D eigenvalue weighted by molar-refractivity contribution is -0.923. The van der Waals surface area contributed by atoms with Crippen molar-refractivity contribution in [2.75, 3.05) is 38.2 Å². The van der Waals surface area contributed by atoms with Crippen LogP contribution in [0.3, 0.4) is 0 Å². The number of piperazine rings is 1. The van der Waals surface area contributed by atoms with Crippen LogP contribution >= 0.6 is 0 Å². The van der Waals surface area contributed by atoms with Gasteiger partial charge in [0.05, 0.1) is 44.3 Å². The zero-order valence-corrected chi connectivity index (χ0v) is 15.1. The third-order valence-electron chi connectivity index (χ3n) is 5.16. The van der Waals surface area contributed by atoms with Crippen LogP contribution in [0.15, 0.2) is 48.5 Å². The molecule has 4 rings (SSSR count). The molecule has 0 saturated carbocycles. The van der Waals surface area contributed by atoms with Crippen LogP contribution in [0, 0.1) is 0 Å². The number of nitrogens with one attached hydrogen (secondary N) is 1. The van der Waals surface area contributed by atoms with Crippen molar-refractivity contribution in [3.05, 3.63) is 54.4 Å². The van der Waals surface area contributed by atoms with Gasteiger partial charge in [-0.05, 0) is 36.4 Å². The van der Waals surface area contributed by atoms with Gasteiger partial charge in [0.1, 0.15) is 18.2 Å². The number of imidazole rings is 1. The predicted octanol–water partition coefficient (Wildman–Crippen LogP) is 0.900. The van der Waals surface area contributed by atoms with Crippen LogP contribution in [-0.2, 0) is 13.3 Å². The van der Waals surface area contributed by atoms with Crippen molar-refractivity contribution in [3.63, 3.8) is 0 Å².